The summed E-state index contributed by atoms with van der Waals surface area (Å²) in [6, 6.07) is 5.71. The summed E-state index contributed by atoms with van der Waals surface area (Å²) < 4.78 is 11.1. The summed E-state index contributed by atoms with van der Waals surface area (Å²) in [7, 11) is 0. The van der Waals surface area contributed by atoms with E-state index in [0.29, 0.717) is 25.0 Å². The van der Waals surface area contributed by atoms with Gasteiger partial charge in [-0.2, -0.15) is 10.1 Å². The molecule has 2 heterocycles. The maximum atomic E-state index is 5.58. The van der Waals surface area contributed by atoms with E-state index in [1.807, 2.05) is 23.1 Å². The molecule has 7 heteroatoms. The molecule has 0 unspecified atom stereocenters. The van der Waals surface area contributed by atoms with Gasteiger partial charge in [0.1, 0.15) is 13.2 Å². The van der Waals surface area contributed by atoms with Crippen LogP contribution in [-0.2, 0) is 0 Å². The van der Waals surface area contributed by atoms with Crippen LogP contribution in [0.15, 0.2) is 24.4 Å². The molecule has 2 aromatic rings. The van der Waals surface area contributed by atoms with Gasteiger partial charge in [0.2, 0.25) is 5.95 Å². The number of fused-ring (bicyclic) bond motifs is 1. The zero-order valence-corrected chi connectivity index (χ0v) is 12.7. The third kappa shape index (κ3) is 3.03. The molecule has 0 saturated carbocycles. The molecule has 116 valence electrons. The maximum absolute atomic E-state index is 5.58. The molecule has 0 fully saturated rings. The van der Waals surface area contributed by atoms with Gasteiger partial charge >= 0.3 is 0 Å². The predicted molar refractivity (Wildman–Crippen MR) is 84.1 cm³/mol. The van der Waals surface area contributed by atoms with Crippen molar-refractivity contribution in [2.75, 3.05) is 36.5 Å². The number of nitrogens with zero attached hydrogens (tertiary/aromatic N) is 4. The highest BCUT2D eigenvalue weighted by Gasteiger charge is 2.12. The fourth-order valence-electron chi connectivity index (χ4n) is 2.26. The number of nitrogens with one attached hydrogen (secondary N) is 1. The molecule has 1 aromatic carbocycles. The Kier molecular flexibility index (Phi) is 4.22. The van der Waals surface area contributed by atoms with Gasteiger partial charge in [0.25, 0.3) is 0 Å². The van der Waals surface area contributed by atoms with Crippen LogP contribution in [0.4, 0.5) is 17.5 Å². The van der Waals surface area contributed by atoms with Crippen LogP contribution in [0.25, 0.3) is 0 Å². The van der Waals surface area contributed by atoms with Crippen molar-refractivity contribution < 1.29 is 9.47 Å². The van der Waals surface area contributed by atoms with Crippen molar-refractivity contribution in [3.8, 4) is 11.5 Å². The van der Waals surface area contributed by atoms with Crippen molar-refractivity contribution in [1.29, 1.82) is 0 Å². The zero-order chi connectivity index (χ0) is 15.4. The normalized spacial score (nSPS) is 12.8. The molecule has 3 rings (SSSR count). The Morgan fingerprint density at radius 2 is 1.91 bits per heavy atom. The summed E-state index contributed by atoms with van der Waals surface area (Å²) in [5, 5.41) is 11.3. The predicted octanol–water partition coefficient (Wildman–Crippen LogP) is 2.23. The third-order valence-corrected chi connectivity index (χ3v) is 3.41. The molecule has 0 radical (unpaired) electrons. The quantitative estimate of drug-likeness (QED) is 0.907. The highest BCUT2D eigenvalue weighted by Crippen LogP contribution is 2.33. The van der Waals surface area contributed by atoms with Crippen molar-refractivity contribution in [3.63, 3.8) is 0 Å². The number of anilines is 3. The molecule has 0 spiro atoms. The second kappa shape index (κ2) is 6.46. The number of hydrogen-bond acceptors (Lipinski definition) is 7. The Morgan fingerprint density at radius 3 is 2.68 bits per heavy atom. The molecular weight excluding hydrogens is 282 g/mol. The van der Waals surface area contributed by atoms with E-state index in [9.17, 15) is 0 Å². The van der Waals surface area contributed by atoms with E-state index in [0.717, 1.165) is 30.3 Å². The zero-order valence-electron chi connectivity index (χ0n) is 12.7. The Bertz CT molecular complexity index is 646. The molecule has 0 saturated heterocycles. The van der Waals surface area contributed by atoms with Gasteiger partial charge in [0.15, 0.2) is 17.3 Å². The smallest absolute Gasteiger partial charge is 0.247 e. The molecular formula is C15H19N5O2. The summed E-state index contributed by atoms with van der Waals surface area (Å²) in [4.78, 5) is 6.53. The van der Waals surface area contributed by atoms with Gasteiger partial charge in [-0.15, -0.1) is 5.10 Å². The second-order valence-corrected chi connectivity index (χ2v) is 4.80. The van der Waals surface area contributed by atoms with Crippen LogP contribution in [-0.4, -0.2) is 41.5 Å². The number of benzene rings is 1. The van der Waals surface area contributed by atoms with Gasteiger partial charge in [0.05, 0.1) is 6.20 Å². The second-order valence-electron chi connectivity index (χ2n) is 4.80. The van der Waals surface area contributed by atoms with Gasteiger partial charge in [-0.1, -0.05) is 0 Å². The Labute approximate surface area is 129 Å². The van der Waals surface area contributed by atoms with E-state index in [4.69, 9.17) is 9.47 Å². The first-order chi connectivity index (χ1) is 10.8. The highest BCUT2D eigenvalue weighted by atomic mass is 16.6. The van der Waals surface area contributed by atoms with Crippen molar-refractivity contribution in [2.24, 2.45) is 0 Å². The van der Waals surface area contributed by atoms with Crippen LogP contribution in [0.3, 0.4) is 0 Å². The van der Waals surface area contributed by atoms with Crippen LogP contribution in [0.2, 0.25) is 0 Å². The number of ether oxygens (including phenoxy) is 2. The minimum atomic E-state index is 0.567. The lowest BCUT2D eigenvalue weighted by molar-refractivity contribution is 0.171. The van der Waals surface area contributed by atoms with Gasteiger partial charge in [-0.3, -0.25) is 0 Å². The number of rotatable bonds is 5. The van der Waals surface area contributed by atoms with Crippen molar-refractivity contribution >= 4 is 17.5 Å². The third-order valence-electron chi connectivity index (χ3n) is 3.41. The van der Waals surface area contributed by atoms with Gasteiger partial charge in [-0.25, -0.2) is 0 Å². The molecule has 0 amide bonds. The van der Waals surface area contributed by atoms with E-state index < -0.39 is 0 Å². The van der Waals surface area contributed by atoms with Crippen molar-refractivity contribution in [3.05, 3.63) is 24.4 Å². The lowest BCUT2D eigenvalue weighted by Crippen LogP contribution is -2.24. The molecule has 22 heavy (non-hydrogen) atoms. The Morgan fingerprint density at radius 1 is 1.14 bits per heavy atom. The van der Waals surface area contributed by atoms with Crippen LogP contribution in [0, 0.1) is 0 Å². The minimum Gasteiger partial charge on any atom is -0.486 e. The van der Waals surface area contributed by atoms with E-state index >= 15 is 0 Å². The lowest BCUT2D eigenvalue weighted by Gasteiger charge is -2.20. The van der Waals surface area contributed by atoms with E-state index in [1.54, 1.807) is 6.20 Å². The number of aromatic nitrogens is 3. The average Bonchev–Trinajstić information content (AvgIpc) is 2.56. The average molecular weight is 301 g/mol. The van der Waals surface area contributed by atoms with E-state index in [-0.39, 0.29) is 0 Å². The van der Waals surface area contributed by atoms with Gasteiger partial charge in [-0.05, 0) is 26.0 Å². The van der Waals surface area contributed by atoms with Crippen molar-refractivity contribution in [1.82, 2.24) is 15.2 Å². The fraction of sp³-hybridized carbons (Fsp3) is 0.400. The molecule has 1 aliphatic rings. The topological polar surface area (TPSA) is 72.4 Å². The molecule has 7 nitrogen and oxygen atoms in total. The summed E-state index contributed by atoms with van der Waals surface area (Å²) in [5.74, 6) is 2.77. The standard InChI is InChI=1S/C15H19N5O2/c1-3-20(4-2)15-18-14(10-16-19-15)17-11-5-6-12-13(9-11)22-8-7-21-12/h5-6,9-10H,3-4,7-8H2,1-2H3,(H,17,18,19). The van der Waals surface area contributed by atoms with Gasteiger partial charge in [0, 0.05) is 24.8 Å². The summed E-state index contributed by atoms with van der Waals surface area (Å²) in [5.41, 5.74) is 0.871. The molecule has 1 aliphatic heterocycles. The Hall–Kier alpha value is -2.57. The summed E-state index contributed by atoms with van der Waals surface area (Å²) in [6.07, 6.45) is 1.60. The molecule has 0 bridgehead atoms. The summed E-state index contributed by atoms with van der Waals surface area (Å²) in [6.45, 7) is 6.96. The lowest BCUT2D eigenvalue weighted by atomic mass is 10.2. The monoisotopic (exact) mass is 301 g/mol. The van der Waals surface area contributed by atoms with Crippen LogP contribution >= 0.6 is 0 Å². The highest BCUT2D eigenvalue weighted by molar-refractivity contribution is 5.61. The first-order valence-corrected chi connectivity index (χ1v) is 7.41. The minimum absolute atomic E-state index is 0.567. The molecule has 1 aromatic heterocycles. The maximum Gasteiger partial charge on any atom is 0.247 e. The number of hydrogen-bond donors (Lipinski definition) is 1. The van der Waals surface area contributed by atoms with Crippen LogP contribution in [0.1, 0.15) is 13.8 Å². The largest absolute Gasteiger partial charge is 0.486 e. The van der Waals surface area contributed by atoms with Crippen LogP contribution < -0.4 is 19.7 Å². The molecule has 0 aliphatic carbocycles. The summed E-state index contributed by atoms with van der Waals surface area (Å²) >= 11 is 0. The SMILES string of the molecule is CCN(CC)c1nncc(Nc2ccc3c(c2)OCCO3)n1. The van der Waals surface area contributed by atoms with E-state index in [2.05, 4.69) is 34.3 Å². The fourth-order valence-corrected chi connectivity index (χ4v) is 2.26. The van der Waals surface area contributed by atoms with E-state index in [1.165, 1.54) is 0 Å². The Balaban J connectivity index is 1.79. The van der Waals surface area contributed by atoms with Crippen molar-refractivity contribution in [2.45, 2.75) is 13.8 Å². The van der Waals surface area contributed by atoms with Crippen LogP contribution in [0.5, 0.6) is 11.5 Å². The molecule has 0 atom stereocenters. The first-order valence-electron chi connectivity index (χ1n) is 7.41. The van der Waals surface area contributed by atoms with Gasteiger partial charge < -0.3 is 19.7 Å². The first kappa shape index (κ1) is 14.4. The molecule has 1 N–H and O–H groups in total.